The van der Waals surface area contributed by atoms with Crippen molar-refractivity contribution in [3.63, 3.8) is 0 Å². The van der Waals surface area contributed by atoms with Crippen LogP contribution in [0, 0.1) is 0 Å². The van der Waals surface area contributed by atoms with Gasteiger partial charge >= 0.3 is 6.09 Å². The second-order valence-electron chi connectivity index (χ2n) is 16.4. The fourth-order valence-electron chi connectivity index (χ4n) is 8.23. The van der Waals surface area contributed by atoms with Gasteiger partial charge in [0.25, 0.3) is 0 Å². The normalized spacial score (nSPS) is 18.8. The number of rotatable bonds is 13. The van der Waals surface area contributed by atoms with E-state index in [-0.39, 0.29) is 48.3 Å². The Balaban J connectivity index is 1.01. The van der Waals surface area contributed by atoms with Crippen molar-refractivity contribution in [2.24, 2.45) is 0 Å². The van der Waals surface area contributed by atoms with Gasteiger partial charge in [-0.25, -0.2) is 4.79 Å². The van der Waals surface area contributed by atoms with Gasteiger partial charge in [0.05, 0.1) is 24.8 Å². The molecule has 12 nitrogen and oxygen atoms in total. The van der Waals surface area contributed by atoms with Gasteiger partial charge in [-0.1, -0.05) is 62.4 Å². The van der Waals surface area contributed by atoms with E-state index in [2.05, 4.69) is 53.0 Å². The molecule has 3 heterocycles. The van der Waals surface area contributed by atoms with E-state index in [1.54, 1.807) is 4.90 Å². The minimum atomic E-state index is -0.688. The standard InChI is InChI=1S/C46H59N7O5/c1-8-43(55)52-31(3)27-38(36-15-10-12-17-39(36)52)49-35-22-20-33(21-23-35)34-29-48-50(30-34)26-24-47-42(54)19-14-25-51(45(57)58-46(5,6)7)41-28-32(4)53(44(56)9-2)40-18-13-11-16-37(40)41/h10-13,15-18,20-23,29-32,38,41,49H,8-9,14,19,24-28H2,1-7H3,(H,47,54)/t31-,32-,38+,41+/m0/s1. The van der Waals surface area contributed by atoms with E-state index in [4.69, 9.17) is 4.74 Å². The summed E-state index contributed by atoms with van der Waals surface area (Å²) in [5, 5.41) is 11.2. The molecule has 0 saturated heterocycles. The first-order chi connectivity index (χ1) is 27.8. The first-order valence-electron chi connectivity index (χ1n) is 20.8. The smallest absolute Gasteiger partial charge is 0.410 e. The van der Waals surface area contributed by atoms with E-state index in [0.29, 0.717) is 45.3 Å². The molecule has 308 valence electrons. The predicted octanol–water partition coefficient (Wildman–Crippen LogP) is 8.65. The molecule has 0 radical (unpaired) electrons. The van der Waals surface area contributed by atoms with E-state index in [0.717, 1.165) is 45.7 Å². The van der Waals surface area contributed by atoms with E-state index in [1.807, 2.05) is 111 Å². The summed E-state index contributed by atoms with van der Waals surface area (Å²) in [4.78, 5) is 57.8. The van der Waals surface area contributed by atoms with Gasteiger partial charge < -0.3 is 30.1 Å². The molecule has 1 aromatic heterocycles. The second-order valence-corrected chi connectivity index (χ2v) is 16.4. The number of fused-ring (bicyclic) bond motifs is 2. The third kappa shape index (κ3) is 9.71. The molecule has 4 aromatic rings. The quantitative estimate of drug-likeness (QED) is 0.139. The monoisotopic (exact) mass is 789 g/mol. The van der Waals surface area contributed by atoms with Gasteiger partial charge in [-0.2, -0.15) is 5.10 Å². The lowest BCUT2D eigenvalue weighted by Gasteiger charge is -2.43. The summed E-state index contributed by atoms with van der Waals surface area (Å²) in [5.41, 5.74) is 6.15. The van der Waals surface area contributed by atoms with Gasteiger partial charge in [-0.05, 0) is 94.8 Å². The number of nitrogens with one attached hydrogen (secondary N) is 2. The molecule has 0 spiro atoms. The van der Waals surface area contributed by atoms with Crippen LogP contribution in [0.1, 0.15) is 110 Å². The Hall–Kier alpha value is -5.65. The Morgan fingerprint density at radius 3 is 2.05 bits per heavy atom. The third-order valence-corrected chi connectivity index (χ3v) is 11.0. The van der Waals surface area contributed by atoms with E-state index < -0.39 is 11.7 Å². The highest BCUT2D eigenvalue weighted by atomic mass is 16.6. The number of carbonyl (C=O) groups is 4. The third-order valence-electron chi connectivity index (χ3n) is 11.0. The fraction of sp³-hybridized carbons (Fsp3) is 0.457. The Morgan fingerprint density at radius 1 is 0.810 bits per heavy atom. The summed E-state index contributed by atoms with van der Waals surface area (Å²) >= 11 is 0. The molecule has 6 rings (SSSR count). The van der Waals surface area contributed by atoms with Crippen molar-refractivity contribution in [3.8, 4) is 11.1 Å². The van der Waals surface area contributed by atoms with Crippen LogP contribution >= 0.6 is 0 Å². The fourth-order valence-corrected chi connectivity index (χ4v) is 8.23. The predicted molar refractivity (Wildman–Crippen MR) is 229 cm³/mol. The van der Waals surface area contributed by atoms with Gasteiger partial charge in [0.15, 0.2) is 0 Å². The largest absolute Gasteiger partial charge is 0.444 e. The van der Waals surface area contributed by atoms with Gasteiger partial charge in [0.1, 0.15) is 5.60 Å². The molecule has 0 fully saturated rings. The number of para-hydroxylation sites is 2. The zero-order valence-electron chi connectivity index (χ0n) is 35.0. The molecule has 3 aromatic carbocycles. The van der Waals surface area contributed by atoms with Gasteiger partial charge in [-0.3, -0.25) is 19.1 Å². The molecule has 0 bridgehead atoms. The maximum absolute atomic E-state index is 13.6. The van der Waals surface area contributed by atoms with Crippen molar-refractivity contribution in [1.82, 2.24) is 20.0 Å². The lowest BCUT2D eigenvalue weighted by molar-refractivity contribution is -0.121. The Kier molecular flexibility index (Phi) is 13.2. The highest BCUT2D eigenvalue weighted by Gasteiger charge is 2.39. The molecule has 4 amide bonds. The van der Waals surface area contributed by atoms with Crippen LogP contribution in [0.3, 0.4) is 0 Å². The number of benzene rings is 3. The average Bonchev–Trinajstić information content (AvgIpc) is 3.67. The first-order valence-corrected chi connectivity index (χ1v) is 20.8. The summed E-state index contributed by atoms with van der Waals surface area (Å²) in [5.74, 6) is 0.0856. The van der Waals surface area contributed by atoms with Crippen LogP contribution in [-0.4, -0.2) is 69.3 Å². The zero-order chi connectivity index (χ0) is 41.6. The van der Waals surface area contributed by atoms with Crippen LogP contribution in [0.15, 0.2) is 85.2 Å². The number of anilines is 3. The number of aromatic nitrogens is 2. The molecule has 58 heavy (non-hydrogen) atoms. The Labute approximate surface area is 342 Å². The summed E-state index contributed by atoms with van der Waals surface area (Å²) in [6.07, 6.45) is 6.32. The first kappa shape index (κ1) is 42.0. The molecule has 0 saturated carbocycles. The molecule has 0 unspecified atom stereocenters. The van der Waals surface area contributed by atoms with Crippen molar-refractivity contribution in [2.75, 3.05) is 28.2 Å². The molecule has 12 heteroatoms. The highest BCUT2D eigenvalue weighted by molar-refractivity contribution is 5.96. The second kappa shape index (κ2) is 18.3. The van der Waals surface area contributed by atoms with Crippen molar-refractivity contribution in [3.05, 3.63) is 96.3 Å². The summed E-state index contributed by atoms with van der Waals surface area (Å²) in [6.45, 7) is 14.7. The van der Waals surface area contributed by atoms with Crippen LogP contribution in [0.5, 0.6) is 0 Å². The summed E-state index contributed by atoms with van der Waals surface area (Å²) in [7, 11) is 0. The average molecular weight is 790 g/mol. The van der Waals surface area contributed by atoms with Crippen molar-refractivity contribution < 1.29 is 23.9 Å². The van der Waals surface area contributed by atoms with E-state index >= 15 is 0 Å². The SMILES string of the molecule is CCC(=O)N1c2ccccc2[C@H](N(CCCC(=O)NCCn2cc(-c3ccc(N[C@@H]4C[C@H](C)N(C(=O)CC)c5ccccc54)cc3)cn2)C(=O)OC(C)(C)C)C[C@@H]1C. The minimum absolute atomic E-state index is 0.0456. The maximum atomic E-state index is 13.6. The van der Waals surface area contributed by atoms with Gasteiger partial charge in [0, 0.05) is 73.3 Å². The highest BCUT2D eigenvalue weighted by Crippen LogP contribution is 2.42. The number of ether oxygens (including phenoxy) is 1. The molecule has 4 atom stereocenters. The molecule has 0 aliphatic carbocycles. The van der Waals surface area contributed by atoms with Gasteiger partial charge in [-0.15, -0.1) is 0 Å². The van der Waals surface area contributed by atoms with E-state index in [9.17, 15) is 19.2 Å². The van der Waals surface area contributed by atoms with Gasteiger partial charge in [0.2, 0.25) is 17.7 Å². The molecule has 2 aliphatic heterocycles. The number of nitrogens with zero attached hydrogens (tertiary/aromatic N) is 5. The number of hydrogen-bond donors (Lipinski definition) is 2. The molecule has 2 N–H and O–H groups in total. The lowest BCUT2D eigenvalue weighted by Crippen LogP contribution is -2.48. The van der Waals surface area contributed by atoms with E-state index in [1.165, 1.54) is 0 Å². The summed E-state index contributed by atoms with van der Waals surface area (Å²) < 4.78 is 7.67. The minimum Gasteiger partial charge on any atom is -0.444 e. The maximum Gasteiger partial charge on any atom is 0.410 e. The van der Waals surface area contributed by atoms with Crippen molar-refractivity contribution in [2.45, 2.75) is 123 Å². The molecule has 2 aliphatic rings. The lowest BCUT2D eigenvalue weighted by atomic mass is 9.90. The number of amides is 4. The van der Waals surface area contributed by atoms with Crippen LogP contribution in [0.2, 0.25) is 0 Å². The molecular weight excluding hydrogens is 731 g/mol. The van der Waals surface area contributed by atoms with Crippen LogP contribution in [-0.2, 0) is 25.7 Å². The van der Waals surface area contributed by atoms with Crippen molar-refractivity contribution >= 4 is 40.9 Å². The van der Waals surface area contributed by atoms with Crippen LogP contribution < -0.4 is 20.4 Å². The van der Waals surface area contributed by atoms with Crippen LogP contribution in [0.25, 0.3) is 11.1 Å². The van der Waals surface area contributed by atoms with Crippen molar-refractivity contribution in [1.29, 1.82) is 0 Å². The summed E-state index contributed by atoms with van der Waals surface area (Å²) in [6, 6.07) is 24.0. The topological polar surface area (TPSA) is 129 Å². The Bertz CT molecular complexity index is 2070. The number of hydrogen-bond acceptors (Lipinski definition) is 7. The molecular formula is C46H59N7O5. The number of carbonyl (C=O) groups excluding carboxylic acids is 4. The van der Waals surface area contributed by atoms with Crippen LogP contribution in [0.4, 0.5) is 21.9 Å². The Morgan fingerprint density at radius 2 is 1.41 bits per heavy atom. The zero-order valence-corrected chi connectivity index (χ0v) is 35.0.